The van der Waals surface area contributed by atoms with Gasteiger partial charge in [-0.2, -0.15) is 0 Å². The van der Waals surface area contributed by atoms with Crippen molar-refractivity contribution in [2.24, 2.45) is 0 Å². The van der Waals surface area contributed by atoms with Crippen LogP contribution in [-0.2, 0) is 5.66 Å². The van der Waals surface area contributed by atoms with E-state index in [1.54, 1.807) is 0 Å². The van der Waals surface area contributed by atoms with Crippen LogP contribution in [0.4, 0.5) is 5.69 Å². The molecule has 24 heavy (non-hydrogen) atoms. The van der Waals surface area contributed by atoms with Crippen LogP contribution in [0.2, 0.25) is 0 Å². The van der Waals surface area contributed by atoms with Crippen molar-refractivity contribution in [2.75, 3.05) is 11.9 Å². The van der Waals surface area contributed by atoms with E-state index < -0.39 is 5.66 Å². The molecular weight excluding hydrogens is 300 g/mol. The van der Waals surface area contributed by atoms with E-state index in [0.717, 1.165) is 22.6 Å². The highest BCUT2D eigenvalue weighted by atomic mass is 16.5. The number of benzene rings is 2. The Balaban J connectivity index is 2.00. The van der Waals surface area contributed by atoms with Crippen molar-refractivity contribution in [3.8, 4) is 5.75 Å². The van der Waals surface area contributed by atoms with Crippen molar-refractivity contribution in [1.29, 1.82) is 0 Å². The molecule has 2 aromatic carbocycles. The van der Waals surface area contributed by atoms with Crippen LogP contribution >= 0.6 is 0 Å². The number of hydrogen-bond acceptors (Lipinski definition) is 3. The van der Waals surface area contributed by atoms with Crippen LogP contribution in [0.3, 0.4) is 0 Å². The molecule has 0 fully saturated rings. The van der Waals surface area contributed by atoms with Crippen molar-refractivity contribution in [3.05, 3.63) is 59.7 Å². The Kier molecular flexibility index (Phi) is 4.22. The molecule has 0 aliphatic carbocycles. The molecule has 0 saturated carbocycles. The number of hydrogen-bond donors (Lipinski definition) is 1. The lowest BCUT2D eigenvalue weighted by atomic mass is 9.93. The fourth-order valence-corrected chi connectivity index (χ4v) is 3.27. The number of carbonyl (C=O) groups excluding carboxylic acids is 1. The summed E-state index contributed by atoms with van der Waals surface area (Å²) in [7, 11) is 0. The summed E-state index contributed by atoms with van der Waals surface area (Å²) in [5, 5.41) is 3.55. The molecule has 0 saturated heterocycles. The predicted octanol–water partition coefficient (Wildman–Crippen LogP) is 4.23. The minimum atomic E-state index is -0.587. The topological polar surface area (TPSA) is 41.6 Å². The first-order chi connectivity index (χ1) is 11.5. The van der Waals surface area contributed by atoms with E-state index in [0.29, 0.717) is 6.54 Å². The van der Waals surface area contributed by atoms with Gasteiger partial charge < -0.3 is 15.0 Å². The zero-order valence-electron chi connectivity index (χ0n) is 14.7. The Hall–Kier alpha value is -2.49. The largest absolute Gasteiger partial charge is 0.491 e. The first-order valence-corrected chi connectivity index (χ1v) is 8.42. The molecule has 1 aliphatic heterocycles. The molecule has 2 aromatic rings. The lowest BCUT2D eigenvalue weighted by molar-refractivity contribution is 0.0553. The molecule has 0 aromatic heterocycles. The summed E-state index contributed by atoms with van der Waals surface area (Å²) in [6.45, 7) is 8.68. The molecule has 4 nitrogen and oxygen atoms in total. The first-order valence-electron chi connectivity index (χ1n) is 8.42. The molecule has 1 heterocycles. The zero-order chi connectivity index (χ0) is 17.3. The summed E-state index contributed by atoms with van der Waals surface area (Å²) in [6.07, 6.45) is 0.139. The van der Waals surface area contributed by atoms with Crippen molar-refractivity contribution < 1.29 is 9.53 Å². The van der Waals surface area contributed by atoms with Gasteiger partial charge in [-0.25, -0.2) is 0 Å². The van der Waals surface area contributed by atoms with E-state index >= 15 is 0 Å². The van der Waals surface area contributed by atoms with Crippen LogP contribution in [-0.4, -0.2) is 23.5 Å². The number of carbonyl (C=O) groups is 1. The highest BCUT2D eigenvalue weighted by molar-refractivity contribution is 6.02. The summed E-state index contributed by atoms with van der Waals surface area (Å²) in [5.74, 6) is 0.889. The number of para-hydroxylation sites is 1. The average molecular weight is 324 g/mol. The van der Waals surface area contributed by atoms with E-state index in [-0.39, 0.29) is 12.0 Å². The molecule has 1 aliphatic rings. The summed E-state index contributed by atoms with van der Waals surface area (Å²) in [4.78, 5) is 14.8. The van der Waals surface area contributed by atoms with Crippen molar-refractivity contribution in [1.82, 2.24) is 4.90 Å². The van der Waals surface area contributed by atoms with Gasteiger partial charge in [-0.3, -0.25) is 4.79 Å². The summed E-state index contributed by atoms with van der Waals surface area (Å²) >= 11 is 0. The van der Waals surface area contributed by atoms with Crippen LogP contribution in [0.5, 0.6) is 5.75 Å². The Morgan fingerprint density at radius 1 is 1.12 bits per heavy atom. The number of nitrogens with zero attached hydrogens (tertiary/aromatic N) is 1. The third-order valence-electron chi connectivity index (χ3n) is 4.42. The van der Waals surface area contributed by atoms with Crippen molar-refractivity contribution in [3.63, 3.8) is 0 Å². The van der Waals surface area contributed by atoms with Crippen LogP contribution in [0.15, 0.2) is 48.5 Å². The van der Waals surface area contributed by atoms with Crippen LogP contribution < -0.4 is 10.1 Å². The Labute approximate surface area is 143 Å². The van der Waals surface area contributed by atoms with E-state index in [9.17, 15) is 4.79 Å². The minimum absolute atomic E-state index is 0.0526. The number of rotatable bonds is 4. The van der Waals surface area contributed by atoms with Gasteiger partial charge >= 0.3 is 0 Å². The fourth-order valence-electron chi connectivity index (χ4n) is 3.27. The van der Waals surface area contributed by atoms with E-state index in [4.69, 9.17) is 4.74 Å². The fraction of sp³-hybridized carbons (Fsp3) is 0.350. The van der Waals surface area contributed by atoms with Gasteiger partial charge in [0.2, 0.25) is 0 Å². The number of fused-ring (bicyclic) bond motifs is 1. The molecule has 126 valence electrons. The third kappa shape index (κ3) is 2.73. The smallest absolute Gasteiger partial charge is 0.258 e. The maximum absolute atomic E-state index is 12.9. The second-order valence-electron chi connectivity index (χ2n) is 6.48. The van der Waals surface area contributed by atoms with Gasteiger partial charge in [0.25, 0.3) is 5.91 Å². The van der Waals surface area contributed by atoms with E-state index in [1.165, 1.54) is 0 Å². The van der Waals surface area contributed by atoms with Crippen molar-refractivity contribution in [2.45, 2.75) is 39.5 Å². The quantitative estimate of drug-likeness (QED) is 0.915. The highest BCUT2D eigenvalue weighted by Gasteiger charge is 2.41. The number of ether oxygens (including phenoxy) is 1. The number of amides is 1. The maximum Gasteiger partial charge on any atom is 0.258 e. The standard InChI is InChI=1S/C20H24N2O2/c1-5-22-19(23)17-8-6-7-9-18(17)21-20(22,4)15-10-12-16(13-11-15)24-14(2)3/h6-14,21H,5H2,1-4H3. The van der Waals surface area contributed by atoms with Crippen LogP contribution in [0, 0.1) is 0 Å². The molecule has 4 heteroatoms. The van der Waals surface area contributed by atoms with Crippen LogP contribution in [0.25, 0.3) is 0 Å². The van der Waals surface area contributed by atoms with Crippen LogP contribution in [0.1, 0.15) is 43.6 Å². The molecule has 0 radical (unpaired) electrons. The number of anilines is 1. The summed E-state index contributed by atoms with van der Waals surface area (Å²) < 4.78 is 5.72. The monoisotopic (exact) mass is 324 g/mol. The first kappa shape index (κ1) is 16.4. The molecule has 3 rings (SSSR count). The summed E-state index contributed by atoms with van der Waals surface area (Å²) in [6, 6.07) is 15.6. The Morgan fingerprint density at radius 3 is 2.42 bits per heavy atom. The molecular formula is C20H24N2O2. The average Bonchev–Trinajstić information content (AvgIpc) is 2.55. The lowest BCUT2D eigenvalue weighted by Crippen LogP contribution is -2.55. The molecule has 1 atom stereocenters. The normalized spacial score (nSPS) is 19.9. The molecule has 0 spiro atoms. The van der Waals surface area contributed by atoms with Gasteiger partial charge in [-0.15, -0.1) is 0 Å². The van der Waals surface area contributed by atoms with Gasteiger partial charge in [0.15, 0.2) is 0 Å². The zero-order valence-corrected chi connectivity index (χ0v) is 14.7. The van der Waals surface area contributed by atoms with Crippen molar-refractivity contribution >= 4 is 11.6 Å². The molecule has 0 bridgehead atoms. The second-order valence-corrected chi connectivity index (χ2v) is 6.48. The van der Waals surface area contributed by atoms with Gasteiger partial charge in [-0.1, -0.05) is 24.3 Å². The molecule has 1 unspecified atom stereocenters. The van der Waals surface area contributed by atoms with Gasteiger partial charge in [0.05, 0.1) is 11.7 Å². The lowest BCUT2D eigenvalue weighted by Gasteiger charge is -2.46. The second kappa shape index (κ2) is 6.19. The molecule has 1 N–H and O–H groups in total. The van der Waals surface area contributed by atoms with Gasteiger partial charge in [0, 0.05) is 12.2 Å². The third-order valence-corrected chi connectivity index (χ3v) is 4.42. The highest BCUT2D eigenvalue weighted by Crippen LogP contribution is 2.37. The predicted molar refractivity (Wildman–Crippen MR) is 96.3 cm³/mol. The minimum Gasteiger partial charge on any atom is -0.491 e. The Morgan fingerprint density at radius 2 is 1.79 bits per heavy atom. The molecule has 1 amide bonds. The Bertz CT molecular complexity index is 740. The van der Waals surface area contributed by atoms with E-state index in [2.05, 4.69) is 5.32 Å². The SMILES string of the molecule is CCN1C(=O)c2ccccc2NC1(C)c1ccc(OC(C)C)cc1. The maximum atomic E-state index is 12.9. The summed E-state index contributed by atoms with van der Waals surface area (Å²) in [5.41, 5.74) is 2.04. The van der Waals surface area contributed by atoms with Gasteiger partial charge in [0.1, 0.15) is 11.4 Å². The number of nitrogens with one attached hydrogen (secondary N) is 1. The van der Waals surface area contributed by atoms with Gasteiger partial charge in [-0.05, 0) is 57.5 Å². The van der Waals surface area contributed by atoms with E-state index in [1.807, 2.05) is 81.1 Å².